The summed E-state index contributed by atoms with van der Waals surface area (Å²) in [5.41, 5.74) is 0. The maximum Gasteiger partial charge on any atom is 0.303 e. The fraction of sp³-hybridized carbons (Fsp3) is 0.846. The summed E-state index contributed by atoms with van der Waals surface area (Å²) >= 11 is 0. The summed E-state index contributed by atoms with van der Waals surface area (Å²) in [6, 6.07) is 0. The van der Waals surface area contributed by atoms with Crippen molar-refractivity contribution in [2.45, 2.75) is 45.4 Å². The molecule has 2 fully saturated rings. The minimum atomic E-state index is -0.916. The molecule has 0 atom stereocenters. The molecule has 0 aliphatic carbocycles. The van der Waals surface area contributed by atoms with Gasteiger partial charge in [0.25, 0.3) is 0 Å². The number of Topliss-reactive ketones (excluding diaryl/α,β-unsaturated/α-hetero) is 1. The maximum absolute atomic E-state index is 10.1. The van der Waals surface area contributed by atoms with Gasteiger partial charge in [-0.3, -0.25) is 4.79 Å². The smallest absolute Gasteiger partial charge is 0.303 e. The number of ketones is 1. The van der Waals surface area contributed by atoms with E-state index in [2.05, 4.69) is 0 Å². The molecule has 2 heterocycles. The molecular formula is C13H24O5. The summed E-state index contributed by atoms with van der Waals surface area (Å²) in [7, 11) is 0. The molecular weight excluding hydrogens is 236 g/mol. The molecule has 0 saturated carbocycles. The lowest BCUT2D eigenvalue weighted by molar-refractivity contribution is -0.138. The number of hydrogen-bond acceptors (Lipinski definition) is 4. The second-order valence-electron chi connectivity index (χ2n) is 4.23. The van der Waals surface area contributed by atoms with Crippen LogP contribution in [-0.4, -0.2) is 43.3 Å². The van der Waals surface area contributed by atoms with Gasteiger partial charge in [0.05, 0.1) is 6.42 Å². The topological polar surface area (TPSA) is 72.8 Å². The Labute approximate surface area is 108 Å². The second-order valence-corrected chi connectivity index (χ2v) is 4.23. The first-order valence-corrected chi connectivity index (χ1v) is 6.49. The maximum atomic E-state index is 10.1. The lowest BCUT2D eigenvalue weighted by Crippen LogP contribution is -1.98. The van der Waals surface area contributed by atoms with Gasteiger partial charge in [0, 0.05) is 32.8 Å². The molecule has 1 N–H and O–H groups in total. The van der Waals surface area contributed by atoms with E-state index < -0.39 is 5.97 Å². The molecule has 0 aromatic rings. The Kier molecular flexibility index (Phi) is 11.9. The van der Waals surface area contributed by atoms with Crippen LogP contribution in [-0.2, 0) is 19.1 Å². The van der Waals surface area contributed by atoms with Crippen LogP contribution in [0.5, 0.6) is 0 Å². The molecule has 0 spiro atoms. The third-order valence-electron chi connectivity index (χ3n) is 2.35. The number of carbonyl (C=O) groups is 2. The fourth-order valence-electron chi connectivity index (χ4n) is 1.30. The van der Waals surface area contributed by atoms with E-state index in [1.165, 1.54) is 32.6 Å². The van der Waals surface area contributed by atoms with Crippen molar-refractivity contribution in [1.82, 2.24) is 0 Å². The van der Waals surface area contributed by atoms with E-state index in [1.807, 2.05) is 0 Å². The van der Waals surface area contributed by atoms with Crippen LogP contribution in [0.15, 0.2) is 0 Å². The van der Waals surface area contributed by atoms with Gasteiger partial charge in [-0.05, 0) is 32.6 Å². The number of carboxylic acids is 1. The van der Waals surface area contributed by atoms with Gasteiger partial charge in [0.1, 0.15) is 5.78 Å². The summed E-state index contributed by atoms with van der Waals surface area (Å²) < 4.78 is 9.89. The molecule has 18 heavy (non-hydrogen) atoms. The standard InChI is InChI=1S/C5H8O3.2C4H8O/c1-4(6)2-3-5(7)8;2*1-2-4-5-3-1/h2-3H2,1H3,(H,7,8);2*1-4H2. The van der Waals surface area contributed by atoms with E-state index in [0.717, 1.165) is 26.4 Å². The van der Waals surface area contributed by atoms with Crippen LogP contribution < -0.4 is 0 Å². The molecule has 2 aliphatic rings. The van der Waals surface area contributed by atoms with Crippen molar-refractivity contribution < 1.29 is 24.2 Å². The summed E-state index contributed by atoms with van der Waals surface area (Å²) in [4.78, 5) is 19.8. The van der Waals surface area contributed by atoms with Crippen molar-refractivity contribution >= 4 is 11.8 Å². The number of aliphatic carboxylic acids is 1. The van der Waals surface area contributed by atoms with Gasteiger partial charge in [-0.25, -0.2) is 0 Å². The van der Waals surface area contributed by atoms with E-state index in [0.29, 0.717) is 0 Å². The van der Waals surface area contributed by atoms with Crippen molar-refractivity contribution in [3.8, 4) is 0 Å². The van der Waals surface area contributed by atoms with Crippen molar-refractivity contribution in [3.63, 3.8) is 0 Å². The van der Waals surface area contributed by atoms with Crippen LogP contribution in [0, 0.1) is 0 Å². The van der Waals surface area contributed by atoms with E-state index >= 15 is 0 Å². The predicted molar refractivity (Wildman–Crippen MR) is 67.7 cm³/mol. The quantitative estimate of drug-likeness (QED) is 0.840. The van der Waals surface area contributed by atoms with Crippen LogP contribution in [0.2, 0.25) is 0 Å². The Morgan fingerprint density at radius 2 is 1.28 bits per heavy atom. The third kappa shape index (κ3) is 15.1. The number of rotatable bonds is 3. The van der Waals surface area contributed by atoms with Crippen molar-refractivity contribution in [1.29, 1.82) is 0 Å². The normalized spacial score (nSPS) is 17.2. The largest absolute Gasteiger partial charge is 0.481 e. The molecule has 0 aromatic heterocycles. The predicted octanol–water partition coefficient (Wildman–Crippen LogP) is 2.03. The molecule has 106 valence electrons. The molecule has 0 radical (unpaired) electrons. The molecule has 2 saturated heterocycles. The number of hydrogen-bond donors (Lipinski definition) is 1. The number of ether oxygens (including phenoxy) is 2. The zero-order chi connectivity index (χ0) is 13.6. The minimum absolute atomic E-state index is 0.0463. The summed E-state index contributed by atoms with van der Waals surface area (Å²) in [5.74, 6) is -0.993. The van der Waals surface area contributed by atoms with Gasteiger partial charge in [0.2, 0.25) is 0 Å². The fourth-order valence-corrected chi connectivity index (χ4v) is 1.30. The highest BCUT2D eigenvalue weighted by Crippen LogP contribution is 1.98. The minimum Gasteiger partial charge on any atom is -0.481 e. The van der Waals surface area contributed by atoms with E-state index in [9.17, 15) is 9.59 Å². The highest BCUT2D eigenvalue weighted by atomic mass is 16.5. The number of carboxylic acid groups (broad SMARTS) is 1. The SMILES string of the molecule is C1CCOC1.C1CCOC1.CC(=O)CCC(=O)O. The van der Waals surface area contributed by atoms with E-state index in [-0.39, 0.29) is 18.6 Å². The Morgan fingerprint density at radius 3 is 1.39 bits per heavy atom. The molecule has 0 aromatic carbocycles. The monoisotopic (exact) mass is 260 g/mol. The third-order valence-corrected chi connectivity index (χ3v) is 2.35. The highest BCUT2D eigenvalue weighted by Gasteiger charge is 1.98. The zero-order valence-electron chi connectivity index (χ0n) is 11.2. The molecule has 0 unspecified atom stereocenters. The Bertz CT molecular complexity index is 180. The average molecular weight is 260 g/mol. The first-order valence-electron chi connectivity index (χ1n) is 6.49. The van der Waals surface area contributed by atoms with Gasteiger partial charge in [0.15, 0.2) is 0 Å². The average Bonchev–Trinajstić information content (AvgIpc) is 3.03. The van der Waals surface area contributed by atoms with Gasteiger partial charge >= 0.3 is 5.97 Å². The highest BCUT2D eigenvalue weighted by molar-refractivity contribution is 5.80. The second kappa shape index (κ2) is 12.5. The van der Waals surface area contributed by atoms with Crippen molar-refractivity contribution in [2.75, 3.05) is 26.4 Å². The Morgan fingerprint density at radius 1 is 0.889 bits per heavy atom. The first kappa shape index (κ1) is 17.1. The molecule has 5 nitrogen and oxygen atoms in total. The lowest BCUT2D eigenvalue weighted by Gasteiger charge is -1.86. The van der Waals surface area contributed by atoms with E-state index in [1.54, 1.807) is 0 Å². The van der Waals surface area contributed by atoms with Gasteiger partial charge in [-0.15, -0.1) is 0 Å². The first-order chi connectivity index (χ1) is 8.63. The van der Waals surface area contributed by atoms with Crippen LogP contribution in [0.3, 0.4) is 0 Å². The van der Waals surface area contributed by atoms with Gasteiger partial charge < -0.3 is 19.4 Å². The molecule has 5 heteroatoms. The van der Waals surface area contributed by atoms with Gasteiger partial charge in [-0.1, -0.05) is 0 Å². The molecule has 2 rings (SSSR count). The lowest BCUT2D eigenvalue weighted by atomic mass is 10.2. The zero-order valence-corrected chi connectivity index (χ0v) is 11.2. The van der Waals surface area contributed by atoms with Crippen molar-refractivity contribution in [3.05, 3.63) is 0 Å². The summed E-state index contributed by atoms with van der Waals surface area (Å²) in [6.45, 7) is 5.38. The number of carbonyl (C=O) groups excluding carboxylic acids is 1. The Balaban J connectivity index is 0.000000250. The van der Waals surface area contributed by atoms with E-state index in [4.69, 9.17) is 14.6 Å². The van der Waals surface area contributed by atoms with Crippen molar-refractivity contribution in [2.24, 2.45) is 0 Å². The van der Waals surface area contributed by atoms with Gasteiger partial charge in [-0.2, -0.15) is 0 Å². The Hall–Kier alpha value is -0.940. The molecule has 0 amide bonds. The summed E-state index contributed by atoms with van der Waals surface area (Å²) in [5, 5.41) is 8.01. The van der Waals surface area contributed by atoms with Crippen LogP contribution in [0.4, 0.5) is 0 Å². The molecule has 2 aliphatic heterocycles. The van der Waals surface area contributed by atoms with Crippen LogP contribution >= 0.6 is 0 Å². The molecule has 0 bridgehead atoms. The summed E-state index contributed by atoms with van der Waals surface area (Å²) in [6.07, 6.45) is 5.21. The van der Waals surface area contributed by atoms with Crippen LogP contribution in [0.1, 0.15) is 45.4 Å². The van der Waals surface area contributed by atoms with Crippen LogP contribution in [0.25, 0.3) is 0 Å².